The molecule has 6 nitrogen and oxygen atoms in total. The molecule has 0 radical (unpaired) electrons. The Bertz CT molecular complexity index is 856. The molecule has 1 spiro atoms. The predicted octanol–water partition coefficient (Wildman–Crippen LogP) is 2.23. The average molecular weight is 386 g/mol. The van der Waals surface area contributed by atoms with Crippen molar-refractivity contribution in [2.75, 3.05) is 13.2 Å². The molecule has 3 amide bonds. The number of nitrogens with zero attached hydrogens (tertiary/aromatic N) is 2. The van der Waals surface area contributed by atoms with Gasteiger partial charge in [0.2, 0.25) is 0 Å². The van der Waals surface area contributed by atoms with Crippen LogP contribution in [0.5, 0.6) is 0 Å². The van der Waals surface area contributed by atoms with Gasteiger partial charge in [-0.15, -0.1) is 11.3 Å². The lowest BCUT2D eigenvalue weighted by molar-refractivity contribution is -0.925. The van der Waals surface area contributed by atoms with Crippen LogP contribution >= 0.6 is 11.3 Å². The van der Waals surface area contributed by atoms with Crippen molar-refractivity contribution in [1.82, 2.24) is 15.2 Å². The molecule has 2 saturated heterocycles. The summed E-state index contributed by atoms with van der Waals surface area (Å²) in [6.45, 7) is 1.43. The minimum absolute atomic E-state index is 0.00495. The number of urea groups is 1. The fourth-order valence-corrected chi connectivity index (χ4v) is 6.12. The number of para-hydroxylation sites is 1. The van der Waals surface area contributed by atoms with E-state index in [-0.39, 0.29) is 18.0 Å². The zero-order chi connectivity index (χ0) is 18.4. The largest absolute Gasteiger partial charge is 0.329 e. The first-order valence-electron chi connectivity index (χ1n) is 10.0. The van der Waals surface area contributed by atoms with Crippen LogP contribution in [0.2, 0.25) is 0 Å². The van der Waals surface area contributed by atoms with Gasteiger partial charge in [-0.05, 0) is 25.0 Å². The monoisotopic (exact) mass is 385 g/mol. The topological polar surface area (TPSA) is 66.7 Å². The maximum Gasteiger partial charge on any atom is 0.329 e. The van der Waals surface area contributed by atoms with Crippen LogP contribution in [-0.4, -0.2) is 40.6 Å². The summed E-state index contributed by atoms with van der Waals surface area (Å²) >= 11 is 1.74. The standard InChI is InChI=1S/C20H24N4O2S/c25-18-20(10-4-1-5-11-20)22-19(26)24(18)13-23-12-6-8-15(23)17-21-14-7-2-3-9-16(14)27-17/h2-3,7,9,15H,1,4-6,8,10-13H2,(H,22,26)/p+1/t15-/m1/s1. The maximum absolute atomic E-state index is 13.1. The number of hydrogen-bond donors (Lipinski definition) is 2. The molecule has 2 N–H and O–H groups in total. The zero-order valence-electron chi connectivity index (χ0n) is 15.4. The van der Waals surface area contributed by atoms with E-state index in [1.165, 1.54) is 14.5 Å². The lowest BCUT2D eigenvalue weighted by Crippen LogP contribution is -3.12. The molecule has 142 valence electrons. The first-order valence-corrected chi connectivity index (χ1v) is 10.8. The summed E-state index contributed by atoms with van der Waals surface area (Å²) in [6, 6.07) is 8.28. The molecular formula is C20H25N4O2S+. The van der Waals surface area contributed by atoms with E-state index in [0.717, 1.165) is 62.0 Å². The molecule has 3 heterocycles. The van der Waals surface area contributed by atoms with E-state index in [1.807, 2.05) is 18.2 Å². The number of thiazole rings is 1. The van der Waals surface area contributed by atoms with Gasteiger partial charge in [0.25, 0.3) is 5.91 Å². The van der Waals surface area contributed by atoms with Crippen LogP contribution in [0.15, 0.2) is 24.3 Å². The minimum atomic E-state index is -0.625. The van der Waals surface area contributed by atoms with Gasteiger partial charge in [0, 0.05) is 12.8 Å². The molecule has 1 saturated carbocycles. The highest BCUT2D eigenvalue weighted by Gasteiger charge is 2.53. The highest BCUT2D eigenvalue weighted by Crippen LogP contribution is 2.34. The molecule has 3 fully saturated rings. The molecule has 2 atom stereocenters. The average Bonchev–Trinajstić information content (AvgIpc) is 3.36. The number of hydrogen-bond acceptors (Lipinski definition) is 4. The van der Waals surface area contributed by atoms with Crippen LogP contribution in [0.3, 0.4) is 0 Å². The van der Waals surface area contributed by atoms with Crippen molar-refractivity contribution in [3.8, 4) is 0 Å². The summed E-state index contributed by atoms with van der Waals surface area (Å²) in [5.41, 5.74) is 0.416. The van der Waals surface area contributed by atoms with E-state index in [2.05, 4.69) is 11.4 Å². The number of imide groups is 1. The molecule has 7 heteroatoms. The highest BCUT2D eigenvalue weighted by atomic mass is 32.1. The van der Waals surface area contributed by atoms with Crippen LogP contribution in [0.1, 0.15) is 56.0 Å². The highest BCUT2D eigenvalue weighted by molar-refractivity contribution is 7.18. The third-order valence-corrected chi connectivity index (χ3v) is 7.56. The van der Waals surface area contributed by atoms with Crippen molar-refractivity contribution >= 4 is 33.5 Å². The molecule has 2 aromatic rings. The number of aromatic nitrogens is 1. The zero-order valence-corrected chi connectivity index (χ0v) is 16.2. The second-order valence-electron chi connectivity index (χ2n) is 8.09. The smallest absolute Gasteiger partial charge is 0.323 e. The van der Waals surface area contributed by atoms with Crippen LogP contribution in [0, 0.1) is 0 Å². The number of likely N-dealkylation sites (tertiary alicyclic amines) is 1. The number of quaternary nitrogens is 1. The maximum atomic E-state index is 13.1. The fourth-order valence-electron chi connectivity index (χ4n) is 4.96. The second-order valence-corrected chi connectivity index (χ2v) is 9.15. The van der Waals surface area contributed by atoms with Gasteiger partial charge in [-0.2, -0.15) is 0 Å². The van der Waals surface area contributed by atoms with Crippen molar-refractivity contribution in [3.05, 3.63) is 29.3 Å². The molecule has 0 bridgehead atoms. The Morgan fingerprint density at radius 1 is 1.19 bits per heavy atom. The van der Waals surface area contributed by atoms with Crippen molar-refractivity contribution in [2.24, 2.45) is 0 Å². The molecule has 1 aromatic carbocycles. The normalized spacial score (nSPS) is 27.6. The van der Waals surface area contributed by atoms with Crippen molar-refractivity contribution in [3.63, 3.8) is 0 Å². The van der Waals surface area contributed by atoms with Gasteiger partial charge in [0.1, 0.15) is 11.6 Å². The number of amides is 3. The summed E-state index contributed by atoms with van der Waals surface area (Å²) in [5.74, 6) is -0.00495. The Labute approximate surface area is 162 Å². The van der Waals surface area contributed by atoms with Crippen LogP contribution < -0.4 is 10.2 Å². The molecule has 2 aliphatic heterocycles. The summed E-state index contributed by atoms with van der Waals surface area (Å²) in [4.78, 5) is 33.3. The van der Waals surface area contributed by atoms with E-state index in [9.17, 15) is 9.59 Å². The summed E-state index contributed by atoms with van der Waals surface area (Å²) in [5, 5.41) is 4.16. The van der Waals surface area contributed by atoms with Gasteiger partial charge >= 0.3 is 6.03 Å². The van der Waals surface area contributed by atoms with Gasteiger partial charge in [-0.1, -0.05) is 31.4 Å². The van der Waals surface area contributed by atoms with Crippen molar-refractivity contribution in [2.45, 2.75) is 56.5 Å². The fraction of sp³-hybridized carbons (Fsp3) is 0.550. The van der Waals surface area contributed by atoms with E-state index < -0.39 is 5.54 Å². The molecular weight excluding hydrogens is 360 g/mol. The molecule has 3 aliphatic rings. The second kappa shape index (κ2) is 6.56. The molecule has 1 aliphatic carbocycles. The number of rotatable bonds is 3. The van der Waals surface area contributed by atoms with E-state index in [4.69, 9.17) is 4.98 Å². The van der Waals surface area contributed by atoms with Gasteiger partial charge in [-0.3, -0.25) is 4.79 Å². The Morgan fingerprint density at radius 2 is 2.00 bits per heavy atom. The lowest BCUT2D eigenvalue weighted by atomic mass is 9.82. The third kappa shape index (κ3) is 2.84. The summed E-state index contributed by atoms with van der Waals surface area (Å²) < 4.78 is 1.20. The number of carbonyl (C=O) groups is 2. The lowest BCUT2D eigenvalue weighted by Gasteiger charge is -2.30. The van der Waals surface area contributed by atoms with E-state index >= 15 is 0 Å². The summed E-state index contributed by atoms with van der Waals surface area (Å²) in [6.07, 6.45) is 6.92. The van der Waals surface area contributed by atoms with Gasteiger partial charge in [-0.25, -0.2) is 14.7 Å². The quantitative estimate of drug-likeness (QED) is 0.797. The number of nitrogens with one attached hydrogen (secondary N) is 2. The summed E-state index contributed by atoms with van der Waals surface area (Å²) in [7, 11) is 0. The van der Waals surface area contributed by atoms with Crippen LogP contribution in [0.25, 0.3) is 10.2 Å². The molecule has 1 aromatic heterocycles. The minimum Gasteiger partial charge on any atom is -0.323 e. The Kier molecular flexibility index (Phi) is 4.16. The Hall–Kier alpha value is -1.99. The van der Waals surface area contributed by atoms with E-state index in [0.29, 0.717) is 6.67 Å². The van der Waals surface area contributed by atoms with Gasteiger partial charge in [0.05, 0.1) is 16.8 Å². The van der Waals surface area contributed by atoms with Crippen molar-refractivity contribution < 1.29 is 14.5 Å². The van der Waals surface area contributed by atoms with E-state index in [1.54, 1.807) is 11.3 Å². The first-order chi connectivity index (χ1) is 13.2. The van der Waals surface area contributed by atoms with Gasteiger partial charge < -0.3 is 10.2 Å². The first kappa shape index (κ1) is 17.1. The number of benzene rings is 1. The van der Waals surface area contributed by atoms with Crippen molar-refractivity contribution in [1.29, 1.82) is 0 Å². The van der Waals surface area contributed by atoms with Crippen LogP contribution in [-0.2, 0) is 4.79 Å². The number of fused-ring (bicyclic) bond motifs is 1. The van der Waals surface area contributed by atoms with Gasteiger partial charge in [0.15, 0.2) is 11.7 Å². The molecule has 5 rings (SSSR count). The molecule has 27 heavy (non-hydrogen) atoms. The number of carbonyl (C=O) groups excluding carboxylic acids is 2. The molecule has 1 unspecified atom stereocenters. The predicted molar refractivity (Wildman–Crippen MR) is 103 cm³/mol. The third-order valence-electron chi connectivity index (χ3n) is 6.41. The van der Waals surface area contributed by atoms with Crippen LogP contribution in [0.4, 0.5) is 4.79 Å². The Morgan fingerprint density at radius 3 is 2.81 bits per heavy atom. The Balaban J connectivity index is 1.36. The SMILES string of the molecule is O=C1NC2(CCCCC2)C(=O)N1C[NH+]1CCC[C@@H]1c1nc2ccccc2s1.